The minimum atomic E-state index is -1.30. The number of nitrogens with one attached hydrogen (secondary N) is 1. The van der Waals surface area contributed by atoms with E-state index in [1.807, 2.05) is 54.6 Å². The number of nitrogens with zero attached hydrogens (tertiary/aromatic N) is 1. The molecule has 1 aromatic heterocycles. The second kappa shape index (κ2) is 10.8. The maximum Gasteiger partial charge on any atom is 0.347 e. The average molecular weight is 495 g/mol. The molecule has 0 aliphatic carbocycles. The molecule has 0 saturated heterocycles. The molecule has 4 rings (SSSR count). The summed E-state index contributed by atoms with van der Waals surface area (Å²) in [6.07, 6.45) is 0.265. The van der Waals surface area contributed by atoms with E-state index in [9.17, 15) is 9.90 Å². The molecule has 182 valence electrons. The van der Waals surface area contributed by atoms with Crippen molar-refractivity contribution in [1.82, 2.24) is 10.3 Å². The number of ether oxygens (including phenoxy) is 2. The Hall–Kier alpha value is -3.55. The van der Waals surface area contributed by atoms with Crippen LogP contribution in [0.5, 0.6) is 11.5 Å². The highest BCUT2D eigenvalue weighted by Crippen LogP contribution is 2.26. The van der Waals surface area contributed by atoms with Crippen molar-refractivity contribution in [3.63, 3.8) is 0 Å². The zero-order chi connectivity index (χ0) is 24.8. The Kier molecular flexibility index (Phi) is 7.58. The molecule has 1 heterocycles. The van der Waals surface area contributed by atoms with E-state index in [0.29, 0.717) is 47.5 Å². The standard InChI is InChI=1S/C27H27ClN2O5/c1-27(2,26(31)32)35-21-7-5-6-18(16-21)14-15-29-17-24(33-20-12-10-19(28)11-13-20)25-30-22-8-3-4-9-23(22)34-25/h3-13,16,24,29H,14-15,17H2,1-2H3,(H,31,32). The minimum absolute atomic E-state index is 0.449. The van der Waals surface area contributed by atoms with E-state index in [0.717, 1.165) is 11.1 Å². The van der Waals surface area contributed by atoms with Gasteiger partial charge in [-0.05, 0) is 80.9 Å². The first-order chi connectivity index (χ1) is 16.8. The molecule has 0 aliphatic heterocycles. The lowest BCUT2D eigenvalue weighted by Crippen LogP contribution is -2.37. The van der Waals surface area contributed by atoms with E-state index < -0.39 is 17.7 Å². The molecule has 0 spiro atoms. The summed E-state index contributed by atoms with van der Waals surface area (Å²) < 4.78 is 17.8. The van der Waals surface area contributed by atoms with Gasteiger partial charge in [-0.2, -0.15) is 0 Å². The van der Waals surface area contributed by atoms with Crippen LogP contribution in [0.4, 0.5) is 0 Å². The van der Waals surface area contributed by atoms with Crippen LogP contribution in [0.3, 0.4) is 0 Å². The van der Waals surface area contributed by atoms with Crippen molar-refractivity contribution in [3.8, 4) is 11.5 Å². The van der Waals surface area contributed by atoms with Gasteiger partial charge in [0.2, 0.25) is 5.89 Å². The molecule has 7 nitrogen and oxygen atoms in total. The number of hydrogen-bond acceptors (Lipinski definition) is 6. The number of aliphatic carboxylic acids is 1. The van der Waals surface area contributed by atoms with E-state index in [1.165, 1.54) is 13.8 Å². The Bertz CT molecular complexity index is 1250. The van der Waals surface area contributed by atoms with Gasteiger partial charge in [0.15, 0.2) is 17.3 Å². The number of fused-ring (bicyclic) bond motifs is 1. The van der Waals surface area contributed by atoms with Crippen molar-refractivity contribution in [2.45, 2.75) is 32.0 Å². The summed E-state index contributed by atoms with van der Waals surface area (Å²) in [5.41, 5.74) is 1.19. The number of aromatic nitrogens is 1. The molecule has 4 aromatic rings. The van der Waals surface area contributed by atoms with Crippen LogP contribution < -0.4 is 14.8 Å². The summed E-state index contributed by atoms with van der Waals surface area (Å²) in [6.45, 7) is 4.18. The molecular formula is C27H27ClN2O5. The third-order valence-electron chi connectivity index (χ3n) is 5.38. The fourth-order valence-corrected chi connectivity index (χ4v) is 3.58. The zero-order valence-corrected chi connectivity index (χ0v) is 20.3. The highest BCUT2D eigenvalue weighted by Gasteiger charge is 2.29. The number of para-hydroxylation sites is 2. The molecule has 8 heteroatoms. The quantitative estimate of drug-likeness (QED) is 0.259. The van der Waals surface area contributed by atoms with Crippen LogP contribution in [0.1, 0.15) is 31.4 Å². The van der Waals surface area contributed by atoms with Crippen molar-refractivity contribution in [3.05, 3.63) is 89.3 Å². The number of halogens is 1. The number of benzene rings is 3. The van der Waals surface area contributed by atoms with E-state index in [2.05, 4.69) is 10.3 Å². The fraction of sp³-hybridized carbons (Fsp3) is 0.259. The smallest absolute Gasteiger partial charge is 0.347 e. The Labute approximate surface area is 208 Å². The summed E-state index contributed by atoms with van der Waals surface area (Å²) in [5.74, 6) is 0.648. The predicted octanol–water partition coefficient (Wildman–Crippen LogP) is 5.68. The number of carboxylic acids is 1. The van der Waals surface area contributed by atoms with E-state index in [4.69, 9.17) is 25.5 Å². The molecule has 0 amide bonds. The van der Waals surface area contributed by atoms with Gasteiger partial charge in [-0.25, -0.2) is 9.78 Å². The average Bonchev–Trinajstić information content (AvgIpc) is 3.26. The van der Waals surface area contributed by atoms with Crippen molar-refractivity contribution >= 4 is 28.7 Å². The summed E-state index contributed by atoms with van der Waals surface area (Å²) in [7, 11) is 0. The van der Waals surface area contributed by atoms with Gasteiger partial charge in [-0.3, -0.25) is 0 Å². The number of carbonyl (C=O) groups is 1. The topological polar surface area (TPSA) is 93.8 Å². The Morgan fingerprint density at radius 3 is 2.60 bits per heavy atom. The molecule has 3 aromatic carbocycles. The van der Waals surface area contributed by atoms with Gasteiger partial charge in [0.1, 0.15) is 17.0 Å². The van der Waals surface area contributed by atoms with Gasteiger partial charge >= 0.3 is 5.97 Å². The number of oxazole rings is 1. The van der Waals surface area contributed by atoms with Gasteiger partial charge in [-0.15, -0.1) is 0 Å². The lowest BCUT2D eigenvalue weighted by molar-refractivity contribution is -0.152. The SMILES string of the molecule is CC(C)(Oc1cccc(CCNCC(Oc2ccc(Cl)cc2)c2nc3ccccc3o2)c1)C(=O)O. The molecule has 0 fully saturated rings. The number of carboxylic acid groups (broad SMARTS) is 1. The molecule has 0 radical (unpaired) electrons. The molecule has 1 atom stereocenters. The van der Waals surface area contributed by atoms with E-state index >= 15 is 0 Å². The third kappa shape index (κ3) is 6.53. The molecular weight excluding hydrogens is 468 g/mol. The third-order valence-corrected chi connectivity index (χ3v) is 5.64. The first kappa shape index (κ1) is 24.6. The fourth-order valence-electron chi connectivity index (χ4n) is 3.45. The molecule has 0 saturated carbocycles. The van der Waals surface area contributed by atoms with Gasteiger partial charge in [0.25, 0.3) is 0 Å². The van der Waals surface area contributed by atoms with Crippen LogP contribution in [0.25, 0.3) is 11.1 Å². The molecule has 0 aliphatic rings. The van der Waals surface area contributed by atoms with Gasteiger partial charge in [-0.1, -0.05) is 35.9 Å². The first-order valence-corrected chi connectivity index (χ1v) is 11.7. The van der Waals surface area contributed by atoms with Crippen LogP contribution in [0.2, 0.25) is 5.02 Å². The second-order valence-electron chi connectivity index (χ2n) is 8.60. The van der Waals surface area contributed by atoms with Crippen molar-refractivity contribution < 1.29 is 23.8 Å². The van der Waals surface area contributed by atoms with Gasteiger partial charge < -0.3 is 24.3 Å². The molecule has 1 unspecified atom stereocenters. The normalized spacial score (nSPS) is 12.4. The van der Waals surface area contributed by atoms with Crippen LogP contribution in [0, 0.1) is 0 Å². The summed E-state index contributed by atoms with van der Waals surface area (Å²) >= 11 is 6.00. The van der Waals surface area contributed by atoms with Crippen LogP contribution in [-0.2, 0) is 11.2 Å². The Balaban J connectivity index is 1.40. The van der Waals surface area contributed by atoms with Crippen LogP contribution in [-0.4, -0.2) is 34.8 Å². The zero-order valence-electron chi connectivity index (χ0n) is 19.5. The Morgan fingerprint density at radius 1 is 1.09 bits per heavy atom. The number of rotatable bonds is 11. The maximum atomic E-state index is 11.3. The summed E-state index contributed by atoms with van der Waals surface area (Å²) in [4.78, 5) is 15.9. The predicted molar refractivity (Wildman–Crippen MR) is 134 cm³/mol. The van der Waals surface area contributed by atoms with Crippen molar-refractivity contribution in [2.24, 2.45) is 0 Å². The Morgan fingerprint density at radius 2 is 1.86 bits per heavy atom. The van der Waals surface area contributed by atoms with Gasteiger partial charge in [0.05, 0.1) is 0 Å². The maximum absolute atomic E-state index is 11.3. The second-order valence-corrected chi connectivity index (χ2v) is 9.04. The van der Waals surface area contributed by atoms with Crippen molar-refractivity contribution in [1.29, 1.82) is 0 Å². The van der Waals surface area contributed by atoms with E-state index in [-0.39, 0.29) is 0 Å². The molecule has 2 N–H and O–H groups in total. The highest BCUT2D eigenvalue weighted by molar-refractivity contribution is 6.30. The monoisotopic (exact) mass is 494 g/mol. The van der Waals surface area contributed by atoms with Crippen molar-refractivity contribution in [2.75, 3.05) is 13.1 Å². The van der Waals surface area contributed by atoms with Gasteiger partial charge in [0, 0.05) is 11.6 Å². The minimum Gasteiger partial charge on any atom is -0.479 e. The summed E-state index contributed by atoms with van der Waals surface area (Å²) in [5, 5.41) is 13.3. The van der Waals surface area contributed by atoms with Crippen LogP contribution in [0.15, 0.2) is 77.2 Å². The summed E-state index contributed by atoms with van der Waals surface area (Å²) in [6, 6.07) is 22.2. The lowest BCUT2D eigenvalue weighted by Gasteiger charge is -2.21. The first-order valence-electron chi connectivity index (χ1n) is 11.3. The largest absolute Gasteiger partial charge is 0.479 e. The van der Waals surface area contributed by atoms with Crippen LogP contribution >= 0.6 is 11.6 Å². The number of hydrogen-bond donors (Lipinski definition) is 2. The molecule has 0 bridgehead atoms. The van der Waals surface area contributed by atoms with E-state index in [1.54, 1.807) is 18.2 Å². The highest BCUT2D eigenvalue weighted by atomic mass is 35.5. The molecule has 35 heavy (non-hydrogen) atoms. The lowest BCUT2D eigenvalue weighted by atomic mass is 10.1.